The van der Waals surface area contributed by atoms with E-state index in [-0.39, 0.29) is 6.04 Å². The molecule has 0 radical (unpaired) electrons. The number of fused-ring (bicyclic) bond motifs is 2. The zero-order chi connectivity index (χ0) is 12.7. The predicted molar refractivity (Wildman–Crippen MR) is 79.5 cm³/mol. The number of anilines is 2. The molecule has 0 fully saturated rings. The van der Waals surface area contributed by atoms with Crippen molar-refractivity contribution in [1.29, 1.82) is 0 Å². The average Bonchev–Trinajstić information content (AvgIpc) is 2.98. The molecule has 2 N–H and O–H groups in total. The van der Waals surface area contributed by atoms with Crippen LogP contribution in [-0.4, -0.2) is 12.9 Å². The van der Waals surface area contributed by atoms with E-state index in [9.17, 15) is 0 Å². The third-order valence-corrected chi connectivity index (χ3v) is 4.59. The molecule has 0 spiro atoms. The van der Waals surface area contributed by atoms with Gasteiger partial charge >= 0.3 is 0 Å². The summed E-state index contributed by atoms with van der Waals surface area (Å²) < 4.78 is 0. The fourth-order valence-electron chi connectivity index (χ4n) is 2.51. The Balaban J connectivity index is 1.79. The van der Waals surface area contributed by atoms with Gasteiger partial charge in [0.2, 0.25) is 0 Å². The van der Waals surface area contributed by atoms with Crippen LogP contribution in [0.1, 0.15) is 11.6 Å². The summed E-state index contributed by atoms with van der Waals surface area (Å²) in [5, 5.41) is 6.88. The summed E-state index contributed by atoms with van der Waals surface area (Å²) in [4.78, 5) is 6.83. The van der Waals surface area contributed by atoms with Gasteiger partial charge in [0, 0.05) is 15.4 Å². The Kier molecular flexibility index (Phi) is 2.48. The van der Waals surface area contributed by atoms with Gasteiger partial charge in [0.15, 0.2) is 0 Å². The first-order valence-electron chi connectivity index (χ1n) is 6.33. The van der Waals surface area contributed by atoms with Gasteiger partial charge < -0.3 is 10.6 Å². The smallest absolute Gasteiger partial charge is 0.0830 e. The van der Waals surface area contributed by atoms with Gasteiger partial charge in [-0.1, -0.05) is 36.0 Å². The summed E-state index contributed by atoms with van der Waals surface area (Å²) >= 11 is 1.82. The van der Waals surface area contributed by atoms with Crippen molar-refractivity contribution >= 4 is 29.5 Å². The highest BCUT2D eigenvalue weighted by Crippen LogP contribution is 2.46. The van der Waals surface area contributed by atoms with Crippen molar-refractivity contribution in [3.63, 3.8) is 0 Å². The molecule has 19 heavy (non-hydrogen) atoms. The summed E-state index contributed by atoms with van der Waals surface area (Å²) in [7, 11) is 0. The number of nitrogens with one attached hydrogen (secondary N) is 2. The first-order chi connectivity index (χ1) is 9.42. The second-order valence-corrected chi connectivity index (χ2v) is 5.74. The van der Waals surface area contributed by atoms with Gasteiger partial charge in [-0.25, -0.2) is 0 Å². The van der Waals surface area contributed by atoms with Crippen LogP contribution in [0, 0.1) is 0 Å². The standard InChI is InChI=1S/C15H13N3S/c1-2-6-13-11(5-1)18-15-10(12-8-16-9-17-12)4-3-7-14(15)19-13/h1-7,9,12,18H,8H2,(H,16,17). The van der Waals surface area contributed by atoms with Crippen LogP contribution in [0.15, 0.2) is 57.2 Å². The van der Waals surface area contributed by atoms with Gasteiger partial charge in [0.25, 0.3) is 0 Å². The Hall–Kier alpha value is -1.94. The van der Waals surface area contributed by atoms with E-state index in [4.69, 9.17) is 0 Å². The number of hydrogen-bond donors (Lipinski definition) is 2. The molecule has 2 aromatic carbocycles. The van der Waals surface area contributed by atoms with E-state index in [2.05, 4.69) is 58.1 Å². The minimum absolute atomic E-state index is 0.285. The number of rotatable bonds is 1. The monoisotopic (exact) mass is 267 g/mol. The molecule has 2 aliphatic heterocycles. The number of para-hydroxylation sites is 2. The molecule has 4 rings (SSSR count). The Morgan fingerprint density at radius 2 is 1.95 bits per heavy atom. The van der Waals surface area contributed by atoms with Crippen molar-refractivity contribution in [3.05, 3.63) is 48.0 Å². The molecule has 94 valence electrons. The van der Waals surface area contributed by atoms with Crippen molar-refractivity contribution in [3.8, 4) is 0 Å². The maximum absolute atomic E-state index is 4.26. The summed E-state index contributed by atoms with van der Waals surface area (Å²) in [6, 6.07) is 15.2. The zero-order valence-electron chi connectivity index (χ0n) is 10.3. The van der Waals surface area contributed by atoms with Gasteiger partial charge in [-0.3, -0.25) is 4.99 Å². The summed E-state index contributed by atoms with van der Waals surface area (Å²) in [6.07, 6.45) is 1.80. The Labute approximate surface area is 116 Å². The molecule has 4 heteroatoms. The van der Waals surface area contributed by atoms with Crippen molar-refractivity contribution < 1.29 is 0 Å². The highest BCUT2D eigenvalue weighted by Gasteiger charge is 2.23. The molecule has 0 saturated carbocycles. The van der Waals surface area contributed by atoms with E-state index in [1.807, 2.05) is 11.8 Å². The topological polar surface area (TPSA) is 36.4 Å². The molecule has 0 amide bonds. The third kappa shape index (κ3) is 1.79. The van der Waals surface area contributed by atoms with Crippen LogP contribution >= 0.6 is 11.8 Å². The second-order valence-electron chi connectivity index (χ2n) is 4.66. The minimum Gasteiger partial charge on any atom is -0.368 e. The van der Waals surface area contributed by atoms with Gasteiger partial charge in [0.1, 0.15) is 0 Å². The highest BCUT2D eigenvalue weighted by molar-refractivity contribution is 7.99. The maximum Gasteiger partial charge on any atom is 0.0830 e. The molecule has 1 unspecified atom stereocenters. The first kappa shape index (κ1) is 10.9. The van der Waals surface area contributed by atoms with Gasteiger partial charge in [-0.05, 0) is 18.2 Å². The lowest BCUT2D eigenvalue weighted by molar-refractivity contribution is 0.713. The average molecular weight is 267 g/mol. The molecule has 3 nitrogen and oxygen atoms in total. The van der Waals surface area contributed by atoms with Crippen LogP contribution in [0.25, 0.3) is 0 Å². The van der Waals surface area contributed by atoms with Crippen LogP contribution in [-0.2, 0) is 0 Å². The van der Waals surface area contributed by atoms with Crippen molar-refractivity contribution in [1.82, 2.24) is 5.32 Å². The van der Waals surface area contributed by atoms with Crippen molar-refractivity contribution in [2.75, 3.05) is 11.9 Å². The van der Waals surface area contributed by atoms with E-state index >= 15 is 0 Å². The molecular weight excluding hydrogens is 254 g/mol. The molecule has 2 aromatic rings. The first-order valence-corrected chi connectivity index (χ1v) is 7.14. The van der Waals surface area contributed by atoms with E-state index in [0.29, 0.717) is 0 Å². The molecule has 0 bridgehead atoms. The largest absolute Gasteiger partial charge is 0.368 e. The number of benzene rings is 2. The third-order valence-electron chi connectivity index (χ3n) is 3.46. The van der Waals surface area contributed by atoms with Crippen LogP contribution in [0.2, 0.25) is 0 Å². The maximum atomic E-state index is 4.26. The molecule has 0 saturated heterocycles. The Morgan fingerprint density at radius 1 is 1.05 bits per heavy atom. The van der Waals surface area contributed by atoms with E-state index < -0.39 is 0 Å². The van der Waals surface area contributed by atoms with Gasteiger partial charge in [-0.2, -0.15) is 0 Å². The van der Waals surface area contributed by atoms with Crippen molar-refractivity contribution in [2.24, 2.45) is 4.99 Å². The lowest BCUT2D eigenvalue weighted by Crippen LogP contribution is -2.17. The van der Waals surface area contributed by atoms with Crippen molar-refractivity contribution in [2.45, 2.75) is 15.8 Å². The molecule has 0 aromatic heterocycles. The molecular formula is C15H13N3S. The molecule has 0 aliphatic carbocycles. The summed E-state index contributed by atoms with van der Waals surface area (Å²) in [5.41, 5.74) is 3.69. The molecule has 2 heterocycles. The molecule has 2 aliphatic rings. The number of hydrogen-bond acceptors (Lipinski definition) is 4. The Morgan fingerprint density at radius 3 is 2.84 bits per heavy atom. The summed E-state index contributed by atoms with van der Waals surface area (Å²) in [5.74, 6) is 0. The van der Waals surface area contributed by atoms with E-state index in [1.54, 1.807) is 6.34 Å². The van der Waals surface area contributed by atoms with E-state index in [0.717, 1.165) is 6.54 Å². The van der Waals surface area contributed by atoms with Crippen LogP contribution < -0.4 is 10.6 Å². The van der Waals surface area contributed by atoms with Crippen LogP contribution in [0.4, 0.5) is 11.4 Å². The SMILES string of the molecule is C1=NCC(c2cccc3c2Nc2ccccc2S3)N1. The van der Waals surface area contributed by atoms with E-state index in [1.165, 1.54) is 26.7 Å². The normalized spacial score (nSPS) is 19.3. The predicted octanol–water partition coefficient (Wildman–Crippen LogP) is 3.57. The minimum atomic E-state index is 0.285. The quantitative estimate of drug-likeness (QED) is 0.707. The highest BCUT2D eigenvalue weighted by atomic mass is 32.2. The van der Waals surface area contributed by atoms with Crippen LogP contribution in [0.3, 0.4) is 0 Å². The zero-order valence-corrected chi connectivity index (χ0v) is 11.1. The lowest BCUT2D eigenvalue weighted by atomic mass is 10.0. The fourth-order valence-corrected chi connectivity index (χ4v) is 3.54. The van der Waals surface area contributed by atoms with Gasteiger partial charge in [-0.15, -0.1) is 0 Å². The second kappa shape index (κ2) is 4.31. The number of aliphatic imine (C=N–C) groups is 1. The summed E-state index contributed by atoms with van der Waals surface area (Å²) in [6.45, 7) is 0.810. The Bertz CT molecular complexity index is 658. The fraction of sp³-hybridized carbons (Fsp3) is 0.133. The lowest BCUT2D eigenvalue weighted by Gasteiger charge is -2.25. The van der Waals surface area contributed by atoms with Crippen LogP contribution in [0.5, 0.6) is 0 Å². The van der Waals surface area contributed by atoms with Gasteiger partial charge in [0.05, 0.1) is 30.3 Å². The molecule has 1 atom stereocenters. The number of nitrogens with zero attached hydrogens (tertiary/aromatic N) is 1.